The summed E-state index contributed by atoms with van der Waals surface area (Å²) in [6.45, 7) is 2.32. The number of esters is 1. The number of ether oxygens (including phenoxy) is 1. The van der Waals surface area contributed by atoms with E-state index in [-0.39, 0.29) is 17.8 Å². The summed E-state index contributed by atoms with van der Waals surface area (Å²) in [4.78, 5) is 20.9. The van der Waals surface area contributed by atoms with Gasteiger partial charge in [0.25, 0.3) is 0 Å². The summed E-state index contributed by atoms with van der Waals surface area (Å²) in [5, 5.41) is 0. The number of methoxy groups -OCH3 is 1. The molecule has 0 spiro atoms. The van der Waals surface area contributed by atoms with Gasteiger partial charge in [0.05, 0.1) is 13.0 Å². The zero-order chi connectivity index (χ0) is 12.1. The number of nitrogens with two attached hydrogens (primary N) is 1. The van der Waals surface area contributed by atoms with Crippen LogP contribution in [0.5, 0.6) is 0 Å². The lowest BCUT2D eigenvalue weighted by Crippen LogP contribution is -2.29. The molecule has 0 bridgehead atoms. The zero-order valence-electron chi connectivity index (χ0n) is 9.67. The molecule has 0 saturated heterocycles. The predicted molar refractivity (Wildman–Crippen MR) is 60.9 cm³/mol. The number of anilines is 2. The molecule has 16 heavy (non-hydrogen) atoms. The molecule has 0 aliphatic rings. The van der Waals surface area contributed by atoms with Crippen LogP contribution in [0.15, 0.2) is 12.3 Å². The molecule has 0 aromatic carbocycles. The van der Waals surface area contributed by atoms with Gasteiger partial charge in [0.2, 0.25) is 5.95 Å². The number of carbonyl (C=O) groups is 1. The summed E-state index contributed by atoms with van der Waals surface area (Å²) >= 11 is 0. The Morgan fingerprint density at radius 1 is 1.69 bits per heavy atom. The molecule has 0 saturated carbocycles. The third-order valence-electron chi connectivity index (χ3n) is 2.20. The van der Waals surface area contributed by atoms with Gasteiger partial charge in [0.15, 0.2) is 0 Å². The standard InChI is InChI=1S/C10H16N4O2/c1-7(9(15)16-3)6-14(2)8-4-5-12-10(11)13-8/h4-5,7H,6H2,1-3H3,(H2,11,12,13). The van der Waals surface area contributed by atoms with E-state index >= 15 is 0 Å². The van der Waals surface area contributed by atoms with E-state index < -0.39 is 0 Å². The Hall–Kier alpha value is -1.85. The third kappa shape index (κ3) is 3.08. The largest absolute Gasteiger partial charge is 0.469 e. The van der Waals surface area contributed by atoms with Gasteiger partial charge in [-0.1, -0.05) is 6.92 Å². The molecular formula is C10H16N4O2. The predicted octanol–water partition coefficient (Wildman–Crippen LogP) is 0.304. The molecule has 1 atom stereocenters. The van der Waals surface area contributed by atoms with E-state index in [0.717, 1.165) is 0 Å². The Bertz CT molecular complexity index is 370. The molecule has 0 aliphatic carbocycles. The number of rotatable bonds is 4. The Kier molecular flexibility index (Phi) is 4.04. The van der Waals surface area contributed by atoms with Crippen LogP contribution < -0.4 is 10.6 Å². The van der Waals surface area contributed by atoms with Gasteiger partial charge in [0.1, 0.15) is 5.82 Å². The molecule has 1 heterocycles. The van der Waals surface area contributed by atoms with Crippen molar-refractivity contribution in [3.63, 3.8) is 0 Å². The minimum atomic E-state index is -0.242. The van der Waals surface area contributed by atoms with Crippen molar-refractivity contribution in [1.82, 2.24) is 9.97 Å². The number of hydrogen-bond acceptors (Lipinski definition) is 6. The van der Waals surface area contributed by atoms with Gasteiger partial charge >= 0.3 is 5.97 Å². The molecule has 0 aliphatic heterocycles. The van der Waals surface area contributed by atoms with Crippen molar-refractivity contribution >= 4 is 17.7 Å². The van der Waals surface area contributed by atoms with Gasteiger partial charge in [-0.15, -0.1) is 0 Å². The number of aromatic nitrogens is 2. The molecule has 1 aromatic heterocycles. The summed E-state index contributed by atoms with van der Waals surface area (Å²) < 4.78 is 4.65. The van der Waals surface area contributed by atoms with Crippen LogP contribution in [-0.4, -0.2) is 36.6 Å². The minimum absolute atomic E-state index is 0.216. The summed E-state index contributed by atoms with van der Waals surface area (Å²) in [6, 6.07) is 1.74. The Morgan fingerprint density at radius 3 is 2.94 bits per heavy atom. The zero-order valence-corrected chi connectivity index (χ0v) is 9.67. The Labute approximate surface area is 94.4 Å². The van der Waals surface area contributed by atoms with E-state index in [4.69, 9.17) is 5.73 Å². The molecule has 1 unspecified atom stereocenters. The fourth-order valence-corrected chi connectivity index (χ4v) is 1.36. The molecular weight excluding hydrogens is 208 g/mol. The van der Waals surface area contributed by atoms with Gasteiger partial charge in [-0.2, -0.15) is 4.98 Å². The Balaban J connectivity index is 2.65. The molecule has 6 nitrogen and oxygen atoms in total. The first-order valence-corrected chi connectivity index (χ1v) is 4.92. The first-order chi connectivity index (χ1) is 7.54. The average molecular weight is 224 g/mol. The van der Waals surface area contributed by atoms with Crippen molar-refractivity contribution in [2.75, 3.05) is 31.3 Å². The monoisotopic (exact) mass is 224 g/mol. The van der Waals surface area contributed by atoms with Crippen LogP contribution in [0.25, 0.3) is 0 Å². The van der Waals surface area contributed by atoms with Crippen molar-refractivity contribution in [2.24, 2.45) is 5.92 Å². The molecule has 0 amide bonds. The van der Waals surface area contributed by atoms with Gasteiger partial charge < -0.3 is 15.4 Å². The van der Waals surface area contributed by atoms with Crippen molar-refractivity contribution in [3.05, 3.63) is 12.3 Å². The van der Waals surface area contributed by atoms with Crippen LogP contribution in [-0.2, 0) is 9.53 Å². The first kappa shape index (κ1) is 12.2. The number of carbonyl (C=O) groups excluding carboxylic acids is 1. The van der Waals surface area contributed by atoms with Gasteiger partial charge in [-0.3, -0.25) is 4.79 Å². The maximum absolute atomic E-state index is 11.2. The highest BCUT2D eigenvalue weighted by molar-refractivity contribution is 5.72. The highest BCUT2D eigenvalue weighted by atomic mass is 16.5. The van der Waals surface area contributed by atoms with E-state index in [1.165, 1.54) is 7.11 Å². The van der Waals surface area contributed by atoms with Crippen molar-refractivity contribution in [1.29, 1.82) is 0 Å². The molecule has 0 radical (unpaired) electrons. The summed E-state index contributed by atoms with van der Waals surface area (Å²) in [7, 11) is 3.21. The van der Waals surface area contributed by atoms with E-state index in [9.17, 15) is 4.79 Å². The molecule has 0 fully saturated rings. The van der Waals surface area contributed by atoms with E-state index in [0.29, 0.717) is 12.4 Å². The molecule has 6 heteroatoms. The van der Waals surface area contributed by atoms with Crippen LogP contribution in [0, 0.1) is 5.92 Å². The Morgan fingerprint density at radius 2 is 2.38 bits per heavy atom. The second kappa shape index (κ2) is 5.29. The fraction of sp³-hybridized carbons (Fsp3) is 0.500. The first-order valence-electron chi connectivity index (χ1n) is 4.92. The van der Waals surface area contributed by atoms with Gasteiger partial charge in [-0.05, 0) is 6.07 Å². The minimum Gasteiger partial charge on any atom is -0.469 e. The lowest BCUT2D eigenvalue weighted by molar-refractivity contribution is -0.144. The van der Waals surface area contributed by atoms with Crippen LogP contribution >= 0.6 is 0 Å². The smallest absolute Gasteiger partial charge is 0.310 e. The van der Waals surface area contributed by atoms with Crippen LogP contribution in [0.4, 0.5) is 11.8 Å². The fourth-order valence-electron chi connectivity index (χ4n) is 1.36. The lowest BCUT2D eigenvalue weighted by atomic mass is 10.2. The number of hydrogen-bond donors (Lipinski definition) is 1. The third-order valence-corrected chi connectivity index (χ3v) is 2.20. The molecule has 88 valence electrons. The maximum atomic E-state index is 11.2. The molecule has 1 aromatic rings. The summed E-state index contributed by atoms with van der Waals surface area (Å²) in [5.41, 5.74) is 5.47. The van der Waals surface area contributed by atoms with Crippen LogP contribution in [0.3, 0.4) is 0 Å². The highest BCUT2D eigenvalue weighted by Crippen LogP contribution is 2.11. The van der Waals surface area contributed by atoms with Crippen LogP contribution in [0.2, 0.25) is 0 Å². The quantitative estimate of drug-likeness (QED) is 0.741. The van der Waals surface area contributed by atoms with Crippen molar-refractivity contribution in [3.8, 4) is 0 Å². The van der Waals surface area contributed by atoms with E-state index in [2.05, 4.69) is 14.7 Å². The van der Waals surface area contributed by atoms with Gasteiger partial charge in [-0.25, -0.2) is 4.98 Å². The normalized spacial score (nSPS) is 11.9. The summed E-state index contributed by atoms with van der Waals surface area (Å²) in [6.07, 6.45) is 1.58. The van der Waals surface area contributed by atoms with E-state index in [1.54, 1.807) is 19.2 Å². The van der Waals surface area contributed by atoms with Gasteiger partial charge in [0, 0.05) is 19.8 Å². The topological polar surface area (TPSA) is 81.3 Å². The molecule has 2 N–H and O–H groups in total. The number of nitrogens with zero attached hydrogens (tertiary/aromatic N) is 3. The van der Waals surface area contributed by atoms with Crippen molar-refractivity contribution in [2.45, 2.75) is 6.92 Å². The number of nitrogen functional groups attached to an aromatic ring is 1. The van der Waals surface area contributed by atoms with E-state index in [1.807, 2.05) is 11.9 Å². The second-order valence-corrected chi connectivity index (χ2v) is 3.58. The van der Waals surface area contributed by atoms with Crippen molar-refractivity contribution < 1.29 is 9.53 Å². The SMILES string of the molecule is COC(=O)C(C)CN(C)c1ccnc(N)n1. The average Bonchev–Trinajstić information content (AvgIpc) is 2.27. The van der Waals surface area contributed by atoms with Crippen LogP contribution in [0.1, 0.15) is 6.92 Å². The maximum Gasteiger partial charge on any atom is 0.310 e. The molecule has 1 rings (SSSR count). The lowest BCUT2D eigenvalue weighted by Gasteiger charge is -2.20. The summed E-state index contributed by atoms with van der Waals surface area (Å²) in [5.74, 6) is 0.443. The highest BCUT2D eigenvalue weighted by Gasteiger charge is 2.16. The second-order valence-electron chi connectivity index (χ2n) is 3.58.